The van der Waals surface area contributed by atoms with E-state index in [1.54, 1.807) is 0 Å². The second-order valence-corrected chi connectivity index (χ2v) is 3.25. The molecule has 1 radical (unpaired) electrons. The SMILES string of the molecule is [NH]NC(=O)c1cc(C(F)(F)F)cc(C(F)(F)F)c1. The smallest absolute Gasteiger partial charge is 0.272 e. The molecule has 0 unspecified atom stereocenters. The molecule has 3 nitrogen and oxygen atoms in total. The molecule has 0 aromatic heterocycles. The van der Waals surface area contributed by atoms with Gasteiger partial charge in [-0.1, -0.05) is 0 Å². The molecule has 9 heteroatoms. The maximum absolute atomic E-state index is 12.4. The van der Waals surface area contributed by atoms with Gasteiger partial charge in [0.2, 0.25) is 0 Å². The normalized spacial score (nSPS) is 12.4. The zero-order valence-electron chi connectivity index (χ0n) is 8.41. The van der Waals surface area contributed by atoms with Crippen molar-refractivity contribution < 1.29 is 31.1 Å². The van der Waals surface area contributed by atoms with Crippen molar-refractivity contribution in [2.45, 2.75) is 12.4 Å². The minimum Gasteiger partial charge on any atom is -0.272 e. The van der Waals surface area contributed by atoms with Gasteiger partial charge >= 0.3 is 12.4 Å². The minimum absolute atomic E-state index is 0.0965. The molecule has 99 valence electrons. The molecule has 0 atom stereocenters. The first-order valence-corrected chi connectivity index (χ1v) is 4.32. The first kappa shape index (κ1) is 14.3. The number of alkyl halides is 6. The van der Waals surface area contributed by atoms with E-state index in [1.165, 1.54) is 5.43 Å². The molecule has 0 aliphatic rings. The van der Waals surface area contributed by atoms with E-state index in [9.17, 15) is 31.1 Å². The van der Waals surface area contributed by atoms with E-state index in [0.717, 1.165) is 0 Å². The van der Waals surface area contributed by atoms with Crippen molar-refractivity contribution >= 4 is 5.91 Å². The van der Waals surface area contributed by atoms with Gasteiger partial charge in [-0.05, 0) is 18.2 Å². The molecule has 0 fully saturated rings. The summed E-state index contributed by atoms with van der Waals surface area (Å²) in [5, 5.41) is 0. The number of amides is 1. The van der Waals surface area contributed by atoms with Crippen molar-refractivity contribution in [1.29, 1.82) is 0 Å². The Morgan fingerprint density at radius 1 is 0.944 bits per heavy atom. The average molecular weight is 271 g/mol. The van der Waals surface area contributed by atoms with Gasteiger partial charge < -0.3 is 0 Å². The summed E-state index contributed by atoms with van der Waals surface area (Å²) in [5.74, 6) is 5.08. The van der Waals surface area contributed by atoms with Gasteiger partial charge in [0.05, 0.1) is 11.1 Å². The van der Waals surface area contributed by atoms with Crippen LogP contribution in [0.3, 0.4) is 0 Å². The summed E-state index contributed by atoms with van der Waals surface area (Å²) in [6.45, 7) is 0. The Kier molecular flexibility index (Phi) is 3.56. The van der Waals surface area contributed by atoms with Crippen molar-refractivity contribution in [3.63, 3.8) is 0 Å². The molecule has 0 aliphatic heterocycles. The number of halogens is 6. The number of nitrogens with one attached hydrogen (secondary N) is 2. The first-order valence-electron chi connectivity index (χ1n) is 4.32. The van der Waals surface area contributed by atoms with Crippen LogP contribution in [0.4, 0.5) is 26.3 Å². The highest BCUT2D eigenvalue weighted by Gasteiger charge is 2.37. The van der Waals surface area contributed by atoms with Crippen LogP contribution in [0.25, 0.3) is 0 Å². The van der Waals surface area contributed by atoms with Gasteiger partial charge in [-0.3, -0.25) is 10.2 Å². The van der Waals surface area contributed by atoms with E-state index in [0.29, 0.717) is 0 Å². The quantitative estimate of drug-likeness (QED) is 0.619. The number of rotatable bonds is 1. The molecule has 0 bridgehead atoms. The third-order valence-electron chi connectivity index (χ3n) is 1.96. The zero-order valence-corrected chi connectivity index (χ0v) is 8.41. The van der Waals surface area contributed by atoms with Crippen molar-refractivity contribution in [3.05, 3.63) is 34.9 Å². The molecule has 2 N–H and O–H groups in total. The molecular weight excluding hydrogens is 266 g/mol. The monoisotopic (exact) mass is 271 g/mol. The summed E-state index contributed by atoms with van der Waals surface area (Å²) in [6.07, 6.45) is -10.0. The van der Waals surface area contributed by atoms with E-state index in [-0.39, 0.29) is 18.2 Å². The van der Waals surface area contributed by atoms with Gasteiger partial charge in [0.1, 0.15) is 0 Å². The van der Waals surface area contributed by atoms with Crippen LogP contribution < -0.4 is 11.3 Å². The fourth-order valence-corrected chi connectivity index (χ4v) is 1.16. The maximum atomic E-state index is 12.4. The summed E-state index contributed by atoms with van der Waals surface area (Å²) in [6, 6.07) is 0.402. The average Bonchev–Trinajstić information content (AvgIpc) is 2.25. The fraction of sp³-hybridized carbons (Fsp3) is 0.222. The Morgan fingerprint density at radius 2 is 1.33 bits per heavy atom. The van der Waals surface area contributed by atoms with Crippen LogP contribution in [0.1, 0.15) is 21.5 Å². The van der Waals surface area contributed by atoms with Crippen LogP contribution in [0.2, 0.25) is 0 Å². The second kappa shape index (κ2) is 4.48. The fourth-order valence-electron chi connectivity index (χ4n) is 1.16. The number of carbonyl (C=O) groups excluding carboxylic acids is 1. The molecule has 1 rings (SSSR count). The van der Waals surface area contributed by atoms with Crippen molar-refractivity contribution in [2.75, 3.05) is 0 Å². The Morgan fingerprint density at radius 3 is 1.61 bits per heavy atom. The molecule has 0 heterocycles. The van der Waals surface area contributed by atoms with Crippen molar-refractivity contribution in [1.82, 2.24) is 11.3 Å². The van der Waals surface area contributed by atoms with E-state index in [2.05, 4.69) is 0 Å². The summed E-state index contributed by atoms with van der Waals surface area (Å²) < 4.78 is 74.1. The Bertz CT molecular complexity index is 433. The summed E-state index contributed by atoms with van der Waals surface area (Å²) in [5.41, 5.74) is -2.87. The molecule has 0 spiro atoms. The van der Waals surface area contributed by atoms with E-state index in [4.69, 9.17) is 5.84 Å². The van der Waals surface area contributed by atoms with Crippen LogP contribution in [-0.2, 0) is 12.4 Å². The van der Waals surface area contributed by atoms with Crippen LogP contribution in [0.5, 0.6) is 0 Å². The van der Waals surface area contributed by atoms with E-state index in [1.807, 2.05) is 0 Å². The molecule has 0 saturated carbocycles. The van der Waals surface area contributed by atoms with Gasteiger partial charge in [-0.25, -0.2) is 0 Å². The molecule has 1 aromatic rings. The Labute approximate surface area is 96.5 Å². The largest absolute Gasteiger partial charge is 0.416 e. The minimum atomic E-state index is -5.02. The highest BCUT2D eigenvalue weighted by Crippen LogP contribution is 2.36. The van der Waals surface area contributed by atoms with Gasteiger partial charge in [0.25, 0.3) is 5.91 Å². The van der Waals surface area contributed by atoms with Crippen LogP contribution in [0, 0.1) is 0 Å². The Hall–Kier alpha value is -1.77. The molecular formula is C9H5F6N2O. The summed E-state index contributed by atoms with van der Waals surface area (Å²) in [4.78, 5) is 10.9. The third-order valence-corrected chi connectivity index (χ3v) is 1.96. The lowest BCUT2D eigenvalue weighted by molar-refractivity contribution is -0.143. The van der Waals surface area contributed by atoms with E-state index >= 15 is 0 Å². The van der Waals surface area contributed by atoms with Crippen LogP contribution >= 0.6 is 0 Å². The Balaban J connectivity index is 3.44. The second-order valence-electron chi connectivity index (χ2n) is 3.25. The van der Waals surface area contributed by atoms with Gasteiger partial charge in [0.15, 0.2) is 0 Å². The van der Waals surface area contributed by atoms with E-state index < -0.39 is 35.0 Å². The van der Waals surface area contributed by atoms with Crippen molar-refractivity contribution in [2.24, 2.45) is 0 Å². The molecule has 0 aliphatic carbocycles. The molecule has 18 heavy (non-hydrogen) atoms. The number of carbonyl (C=O) groups is 1. The molecule has 0 saturated heterocycles. The predicted molar refractivity (Wildman–Crippen MR) is 47.0 cm³/mol. The standard InChI is InChI=1S/C9H5F6N2O/c10-8(11,12)5-1-4(7(18)17-16)2-6(3-5)9(13,14)15/h1-3,16H,(H,17,18). The van der Waals surface area contributed by atoms with Crippen molar-refractivity contribution in [3.8, 4) is 0 Å². The van der Waals surface area contributed by atoms with Crippen LogP contribution in [0.15, 0.2) is 18.2 Å². The van der Waals surface area contributed by atoms with Gasteiger partial charge in [0, 0.05) is 5.56 Å². The lowest BCUT2D eigenvalue weighted by Crippen LogP contribution is -2.22. The summed E-state index contributed by atoms with van der Waals surface area (Å²) >= 11 is 0. The topological polar surface area (TPSA) is 52.9 Å². The molecule has 1 aromatic carbocycles. The molecule has 1 amide bonds. The zero-order chi connectivity index (χ0) is 14.1. The maximum Gasteiger partial charge on any atom is 0.416 e. The number of hydrogen-bond donors (Lipinski definition) is 1. The lowest BCUT2D eigenvalue weighted by atomic mass is 10.0. The van der Waals surface area contributed by atoms with Crippen LogP contribution in [-0.4, -0.2) is 5.91 Å². The predicted octanol–water partition coefficient (Wildman–Crippen LogP) is 2.65. The number of hydrogen-bond acceptors (Lipinski definition) is 1. The van der Waals surface area contributed by atoms with Gasteiger partial charge in [-0.2, -0.15) is 32.2 Å². The summed E-state index contributed by atoms with van der Waals surface area (Å²) in [7, 11) is 0. The highest BCUT2D eigenvalue weighted by molar-refractivity contribution is 5.94. The lowest BCUT2D eigenvalue weighted by Gasteiger charge is -2.13. The first-order chi connectivity index (χ1) is 8.05. The van der Waals surface area contributed by atoms with Gasteiger partial charge in [-0.15, -0.1) is 0 Å². The number of benzene rings is 1. The third kappa shape index (κ3) is 3.13. The highest BCUT2D eigenvalue weighted by atomic mass is 19.4.